The van der Waals surface area contributed by atoms with E-state index in [-0.39, 0.29) is 18.6 Å². The van der Waals surface area contributed by atoms with E-state index in [0.29, 0.717) is 0 Å². The summed E-state index contributed by atoms with van der Waals surface area (Å²) >= 11 is 18.5. The molecule has 5 nitrogen and oxygen atoms in total. The van der Waals surface area contributed by atoms with Crippen LogP contribution in [0.4, 0.5) is 0 Å². The maximum Gasteiger partial charge on any atom is 5.00 e. The second-order valence-corrected chi connectivity index (χ2v) is 1.37. The van der Waals surface area contributed by atoms with Gasteiger partial charge in [0, 0.05) is 0 Å². The van der Waals surface area contributed by atoms with Crippen LogP contribution in [0.1, 0.15) is 0 Å². The van der Waals surface area contributed by atoms with Gasteiger partial charge in [0.05, 0.1) is 0 Å². The Morgan fingerprint density at radius 1 is 0.438 bits per heavy atom. The molecule has 0 rings (SSSR count). The van der Waals surface area contributed by atoms with E-state index in [1.807, 2.05) is 0 Å². The van der Waals surface area contributed by atoms with Gasteiger partial charge in [-0.25, -0.2) is 26.3 Å². The molecule has 0 atom stereocenters. The molecule has 0 aliphatic heterocycles. The summed E-state index contributed by atoms with van der Waals surface area (Å²) < 4.78 is 0. The summed E-state index contributed by atoms with van der Waals surface area (Å²) in [6, 6.07) is 0. The largest absolute Gasteiger partial charge is 5.00 e. The van der Waals surface area contributed by atoms with Crippen LogP contribution in [0, 0.1) is 53.3 Å². The van der Waals surface area contributed by atoms with Crippen molar-refractivity contribution in [2.45, 2.75) is 0 Å². The van der Waals surface area contributed by atoms with Gasteiger partial charge in [0.15, 0.2) is 0 Å². The van der Waals surface area contributed by atoms with Crippen LogP contribution in [0.15, 0.2) is 0 Å². The third kappa shape index (κ3) is 2580. The van der Waals surface area contributed by atoms with Crippen molar-refractivity contribution >= 4 is 63.1 Å². The first-order valence-electron chi connectivity index (χ1n) is 2.14. The molecule has 0 N–H and O–H groups in total. The van der Waals surface area contributed by atoms with Crippen molar-refractivity contribution in [3.05, 3.63) is 0 Å². The first kappa shape index (κ1) is 36.2. The van der Waals surface area contributed by atoms with Crippen molar-refractivity contribution in [3.8, 4) is 27.0 Å². The molecule has 0 aliphatic rings. The molecule has 0 bridgehead atoms. The summed E-state index contributed by atoms with van der Waals surface area (Å²) in [4.78, 5) is 0. The van der Waals surface area contributed by atoms with Gasteiger partial charge in [-0.05, 0) is 0 Å². The Balaban J connectivity index is -0.0000000192. The Labute approximate surface area is 134 Å². The van der Waals surface area contributed by atoms with Gasteiger partial charge >= 0.3 is 18.6 Å². The van der Waals surface area contributed by atoms with Crippen molar-refractivity contribution in [1.29, 1.82) is 26.3 Å². The Hall–Kier alpha value is -0.866. The predicted octanol–water partition coefficient (Wildman–Crippen LogP) is 0.0694. The molecule has 0 unspecified atom stereocenters. The molecule has 11 heteroatoms. The molecule has 16 heavy (non-hydrogen) atoms. The van der Waals surface area contributed by atoms with Gasteiger partial charge in [-0.3, -0.25) is 0 Å². The van der Waals surface area contributed by atoms with E-state index in [2.05, 4.69) is 63.1 Å². The minimum absolute atomic E-state index is 0. The fourth-order valence-electron chi connectivity index (χ4n) is 0. The van der Waals surface area contributed by atoms with Crippen molar-refractivity contribution in [1.82, 2.24) is 0 Å². The van der Waals surface area contributed by atoms with Gasteiger partial charge in [0.2, 0.25) is 0 Å². The summed E-state index contributed by atoms with van der Waals surface area (Å²) in [6.45, 7) is 0. The minimum Gasteiger partial charge on any atom is -0.696 e. The molecule has 0 saturated heterocycles. The minimum atomic E-state index is 0. The second kappa shape index (κ2) is 143. The Morgan fingerprint density at radius 2 is 0.438 bits per heavy atom. The maximum absolute atomic E-state index is 7.13. The number of hydrogen-bond acceptors (Lipinski definition) is 10. The Bertz CT molecular complexity index is 206. The molecule has 0 aromatic carbocycles. The zero-order valence-corrected chi connectivity index (χ0v) is 12.7. The van der Waals surface area contributed by atoms with Gasteiger partial charge in [0.25, 0.3) is 0 Å². The normalized spacial score (nSPS) is 2.19. The van der Waals surface area contributed by atoms with Crippen LogP contribution in [0.25, 0.3) is 0 Å². The fraction of sp³-hybridized carbons (Fsp3) is 0. The van der Waals surface area contributed by atoms with E-state index >= 15 is 0 Å². The molecule has 0 radical (unpaired) electrons. The topological polar surface area (TPSA) is 119 Å². The number of nitrogens with zero attached hydrogens (tertiary/aromatic N) is 5. The molecule has 0 spiro atoms. The van der Waals surface area contributed by atoms with E-state index in [0.717, 1.165) is 0 Å². The van der Waals surface area contributed by atoms with E-state index in [1.54, 1.807) is 0 Å². The molecule has 0 aromatic rings. The van der Waals surface area contributed by atoms with Crippen molar-refractivity contribution < 1.29 is 18.6 Å². The van der Waals surface area contributed by atoms with E-state index in [9.17, 15) is 0 Å². The van der Waals surface area contributed by atoms with Crippen LogP contribution in [-0.2, 0) is 81.7 Å². The zero-order valence-electron chi connectivity index (χ0n) is 7.22. The average molecular weight is 341 g/mol. The van der Waals surface area contributed by atoms with E-state index in [4.69, 9.17) is 26.3 Å². The molecule has 0 heterocycles. The Kier molecular flexibility index (Phi) is 323. The summed E-state index contributed by atoms with van der Waals surface area (Å²) in [6.07, 6.45) is 0. The molecule has 0 aliphatic carbocycles. The monoisotopic (exact) mass is 341 g/mol. The van der Waals surface area contributed by atoms with Crippen molar-refractivity contribution in [3.63, 3.8) is 0 Å². The van der Waals surface area contributed by atoms with Crippen LogP contribution in [0.3, 0.4) is 0 Å². The standard InChI is InChI=1S/5CHNS.V/c5*2-1-3;/h5*3H;/q;;;;;+5/p-5. The smallest absolute Gasteiger partial charge is 0.696 e. The quantitative estimate of drug-likeness (QED) is 0.442. The molecule has 0 saturated carbocycles. The fourth-order valence-corrected chi connectivity index (χ4v) is 0. The van der Waals surface area contributed by atoms with Crippen LogP contribution < -0.4 is 0 Å². The van der Waals surface area contributed by atoms with E-state index < -0.39 is 0 Å². The SMILES string of the molecule is N#C[S-].N#C[S-].N#C[S-].N#C[S-].N#C[S-].[V+5]. The molecular weight excluding hydrogens is 341 g/mol. The number of thiocyanates is 5. The van der Waals surface area contributed by atoms with Crippen LogP contribution in [-0.4, -0.2) is 0 Å². The Morgan fingerprint density at radius 3 is 0.438 bits per heavy atom. The zero-order chi connectivity index (χ0) is 13.5. The van der Waals surface area contributed by atoms with Crippen LogP contribution >= 0.6 is 0 Å². The van der Waals surface area contributed by atoms with Gasteiger partial charge in [-0.1, -0.05) is 27.0 Å². The van der Waals surface area contributed by atoms with Crippen LogP contribution in [0.5, 0.6) is 0 Å². The number of nitriles is 5. The molecule has 0 amide bonds. The second-order valence-electron chi connectivity index (χ2n) is 0.456. The average Bonchev–Trinajstić information content (AvgIpc) is 2.09. The van der Waals surface area contributed by atoms with Gasteiger partial charge in [-0.15, -0.1) is 0 Å². The third-order valence-electron chi connectivity index (χ3n) is 0. The maximum atomic E-state index is 7.13. The number of rotatable bonds is 0. The molecule has 80 valence electrons. The summed E-state index contributed by atoms with van der Waals surface area (Å²) in [7, 11) is 0. The van der Waals surface area contributed by atoms with Gasteiger partial charge in [0.1, 0.15) is 0 Å². The molecule has 0 fully saturated rings. The third-order valence-corrected chi connectivity index (χ3v) is 0. The number of hydrogen-bond donors (Lipinski definition) is 0. The molecule has 0 aromatic heterocycles. The summed E-state index contributed by atoms with van der Waals surface area (Å²) in [5.41, 5.74) is 0. The van der Waals surface area contributed by atoms with E-state index in [1.165, 1.54) is 27.0 Å². The van der Waals surface area contributed by atoms with Crippen molar-refractivity contribution in [2.75, 3.05) is 0 Å². The first-order valence-corrected chi connectivity index (χ1v) is 4.18. The first-order chi connectivity index (χ1) is 7.07. The predicted molar refractivity (Wildman–Crippen MR) is 64.9 cm³/mol. The van der Waals surface area contributed by atoms with Gasteiger partial charge < -0.3 is 63.1 Å². The summed E-state index contributed by atoms with van der Waals surface area (Å²) in [5.74, 6) is 0. The van der Waals surface area contributed by atoms with Crippen LogP contribution in [0.2, 0.25) is 0 Å². The van der Waals surface area contributed by atoms with Gasteiger partial charge in [-0.2, -0.15) is 0 Å². The molecular formula is C5N5S5V. The van der Waals surface area contributed by atoms with Crippen molar-refractivity contribution in [2.24, 2.45) is 0 Å². The summed E-state index contributed by atoms with van der Waals surface area (Å²) in [5, 5.41) is 42.3.